The van der Waals surface area contributed by atoms with Crippen molar-refractivity contribution >= 4 is 57.5 Å². The molecule has 0 unspecified atom stereocenters. The second-order valence-corrected chi connectivity index (χ2v) is 6.47. The summed E-state index contributed by atoms with van der Waals surface area (Å²) in [7, 11) is 0. The maximum Gasteiger partial charge on any atom is 0.246 e. The van der Waals surface area contributed by atoms with Crippen molar-refractivity contribution in [1.82, 2.24) is 15.2 Å². The molecule has 0 spiro atoms. The second kappa shape index (κ2) is 11.9. The monoisotopic (exact) mass is 533 g/mol. The smallest absolute Gasteiger partial charge is 0.246 e. The minimum absolute atomic E-state index is 0. The van der Waals surface area contributed by atoms with Crippen LogP contribution in [0, 0.1) is 6.92 Å². The molecule has 8 heteroatoms. The molecule has 0 saturated heterocycles. The molecule has 0 atom stereocenters. The summed E-state index contributed by atoms with van der Waals surface area (Å²) in [6.45, 7) is 6.31. The van der Waals surface area contributed by atoms with Crippen LogP contribution >= 0.6 is 39.9 Å². The van der Waals surface area contributed by atoms with Gasteiger partial charge in [-0.2, -0.15) is 0 Å². The number of aliphatic imine (C=N–C) groups is 1. The van der Waals surface area contributed by atoms with Crippen molar-refractivity contribution in [2.45, 2.75) is 20.4 Å². The lowest BCUT2D eigenvalue weighted by Gasteiger charge is -2.12. The minimum Gasteiger partial charge on any atom is -0.357 e. The number of halogens is 2. The lowest BCUT2D eigenvalue weighted by Crippen LogP contribution is -2.39. The Bertz CT molecular complexity index is 718. The average Bonchev–Trinajstić information content (AvgIpc) is 3.09. The van der Waals surface area contributed by atoms with Crippen LogP contribution in [-0.2, 0) is 11.3 Å². The Balaban J connectivity index is 0.00000338. The van der Waals surface area contributed by atoms with Gasteiger partial charge >= 0.3 is 0 Å². The molecule has 142 valence electrons. The van der Waals surface area contributed by atoms with Crippen LogP contribution in [0.5, 0.6) is 0 Å². The van der Waals surface area contributed by atoms with Crippen LogP contribution < -0.4 is 16.0 Å². The Morgan fingerprint density at radius 3 is 2.65 bits per heavy atom. The van der Waals surface area contributed by atoms with Crippen molar-refractivity contribution < 1.29 is 4.79 Å². The van der Waals surface area contributed by atoms with Crippen LogP contribution in [0.25, 0.3) is 0 Å². The number of hydrogen-bond donors (Lipinski definition) is 3. The topological polar surface area (TPSA) is 70.4 Å². The second-order valence-electron chi connectivity index (χ2n) is 5.55. The summed E-state index contributed by atoms with van der Waals surface area (Å²) in [6, 6.07) is 9.77. The number of hydrogen-bond acceptors (Lipinski definition) is 2. The molecule has 0 bridgehead atoms. The number of aryl methyl sites for hydroxylation is 1. The van der Waals surface area contributed by atoms with E-state index in [0.717, 1.165) is 35.4 Å². The van der Waals surface area contributed by atoms with Gasteiger partial charge in [-0.1, -0.05) is 22.0 Å². The lowest BCUT2D eigenvalue weighted by atomic mass is 10.2. The first kappa shape index (κ1) is 22.5. The van der Waals surface area contributed by atoms with Crippen molar-refractivity contribution in [2.75, 3.05) is 25.0 Å². The highest BCUT2D eigenvalue weighted by atomic mass is 127. The van der Waals surface area contributed by atoms with E-state index in [1.54, 1.807) is 0 Å². The van der Waals surface area contributed by atoms with E-state index in [-0.39, 0.29) is 36.4 Å². The zero-order valence-corrected chi connectivity index (χ0v) is 18.9. The highest BCUT2D eigenvalue weighted by Gasteiger charge is 2.06. The van der Waals surface area contributed by atoms with Gasteiger partial charge in [0, 0.05) is 42.2 Å². The third kappa shape index (κ3) is 7.77. The molecule has 3 N–H and O–H groups in total. The third-order valence-electron chi connectivity index (χ3n) is 3.53. The summed E-state index contributed by atoms with van der Waals surface area (Å²) >= 11 is 3.41. The maximum atomic E-state index is 12.2. The van der Waals surface area contributed by atoms with Crippen molar-refractivity contribution in [2.24, 2.45) is 4.99 Å². The number of anilines is 1. The van der Waals surface area contributed by atoms with E-state index in [9.17, 15) is 4.79 Å². The predicted octanol–water partition coefficient (Wildman–Crippen LogP) is 3.37. The molecule has 6 nitrogen and oxygen atoms in total. The van der Waals surface area contributed by atoms with Gasteiger partial charge in [0.15, 0.2) is 5.96 Å². The normalized spacial score (nSPS) is 10.8. The molecular weight excluding hydrogens is 509 g/mol. The first-order chi connectivity index (χ1) is 12.1. The van der Waals surface area contributed by atoms with Crippen molar-refractivity contribution in [3.05, 3.63) is 52.8 Å². The van der Waals surface area contributed by atoms with E-state index in [4.69, 9.17) is 0 Å². The molecule has 0 saturated carbocycles. The van der Waals surface area contributed by atoms with E-state index in [1.165, 1.54) is 0 Å². The van der Waals surface area contributed by atoms with Crippen molar-refractivity contribution in [3.63, 3.8) is 0 Å². The largest absolute Gasteiger partial charge is 0.357 e. The third-order valence-corrected chi connectivity index (χ3v) is 4.02. The number of aromatic nitrogens is 1. The standard InChI is InChI=1S/C18H24BrN5O.HI/c1-3-20-18(21-8-11-24-9-4-5-10-24)22-13-17(25)23-16-12-15(19)7-6-14(16)2;/h4-7,9-10,12H,3,8,11,13H2,1-2H3,(H,23,25)(H2,20,21,22);1H. The molecular formula is C18H25BrIN5O. The number of carbonyl (C=O) groups is 1. The SMILES string of the molecule is CCNC(=NCC(=O)Nc1cc(Br)ccc1C)NCCn1cccc1.I. The van der Waals surface area contributed by atoms with Gasteiger partial charge in [-0.05, 0) is 43.7 Å². The van der Waals surface area contributed by atoms with Crippen molar-refractivity contribution in [3.8, 4) is 0 Å². The zero-order valence-electron chi connectivity index (χ0n) is 15.0. The van der Waals surface area contributed by atoms with E-state index >= 15 is 0 Å². The summed E-state index contributed by atoms with van der Waals surface area (Å²) in [6.07, 6.45) is 4.03. The first-order valence-corrected chi connectivity index (χ1v) is 9.06. The van der Waals surface area contributed by atoms with Gasteiger partial charge in [0.2, 0.25) is 5.91 Å². The Kier molecular flexibility index (Phi) is 10.3. The Labute approximate surface area is 180 Å². The zero-order chi connectivity index (χ0) is 18.1. The molecule has 0 fully saturated rings. The number of nitrogens with zero attached hydrogens (tertiary/aromatic N) is 2. The molecule has 0 aliphatic rings. The molecule has 1 amide bonds. The van der Waals surface area contributed by atoms with Crippen LogP contribution in [0.15, 0.2) is 52.2 Å². The fourth-order valence-electron chi connectivity index (χ4n) is 2.23. The number of guanidine groups is 1. The van der Waals surface area contributed by atoms with Gasteiger partial charge in [0.25, 0.3) is 0 Å². The Hall–Kier alpha value is -1.55. The molecule has 1 heterocycles. The first-order valence-electron chi connectivity index (χ1n) is 8.27. The highest BCUT2D eigenvalue weighted by Crippen LogP contribution is 2.20. The van der Waals surface area contributed by atoms with Crippen LogP contribution in [-0.4, -0.2) is 36.1 Å². The summed E-state index contributed by atoms with van der Waals surface area (Å²) in [5, 5.41) is 9.27. The van der Waals surface area contributed by atoms with Gasteiger partial charge in [0.05, 0.1) is 0 Å². The number of amides is 1. The van der Waals surface area contributed by atoms with Gasteiger partial charge in [0.1, 0.15) is 6.54 Å². The summed E-state index contributed by atoms with van der Waals surface area (Å²) in [5.74, 6) is 0.486. The molecule has 0 radical (unpaired) electrons. The van der Waals surface area contributed by atoms with Gasteiger partial charge < -0.3 is 20.5 Å². The van der Waals surface area contributed by atoms with Gasteiger partial charge in [-0.15, -0.1) is 24.0 Å². The molecule has 1 aromatic heterocycles. The number of nitrogens with one attached hydrogen (secondary N) is 3. The fraction of sp³-hybridized carbons (Fsp3) is 0.333. The number of rotatable bonds is 7. The number of carbonyl (C=O) groups excluding carboxylic acids is 1. The lowest BCUT2D eigenvalue weighted by molar-refractivity contribution is -0.114. The maximum absolute atomic E-state index is 12.2. The predicted molar refractivity (Wildman–Crippen MR) is 121 cm³/mol. The highest BCUT2D eigenvalue weighted by molar-refractivity contribution is 14.0. The van der Waals surface area contributed by atoms with Crippen LogP contribution in [0.2, 0.25) is 0 Å². The summed E-state index contributed by atoms with van der Waals surface area (Å²) in [4.78, 5) is 16.5. The van der Waals surface area contributed by atoms with Crippen molar-refractivity contribution in [1.29, 1.82) is 0 Å². The quantitative estimate of drug-likeness (QED) is 0.290. The van der Waals surface area contributed by atoms with Gasteiger partial charge in [-0.25, -0.2) is 4.99 Å². The Morgan fingerprint density at radius 2 is 1.96 bits per heavy atom. The van der Waals surface area contributed by atoms with E-state index < -0.39 is 0 Å². The molecule has 26 heavy (non-hydrogen) atoms. The van der Waals surface area contributed by atoms with Crippen LogP contribution in [0.1, 0.15) is 12.5 Å². The van der Waals surface area contributed by atoms with Crippen LogP contribution in [0.4, 0.5) is 5.69 Å². The Morgan fingerprint density at radius 1 is 1.23 bits per heavy atom. The number of benzene rings is 1. The average molecular weight is 534 g/mol. The minimum atomic E-state index is -0.149. The molecule has 0 aliphatic heterocycles. The van der Waals surface area contributed by atoms with E-state index in [0.29, 0.717) is 5.96 Å². The molecule has 2 aromatic rings. The molecule has 1 aromatic carbocycles. The van der Waals surface area contributed by atoms with E-state index in [2.05, 4.69) is 41.4 Å². The van der Waals surface area contributed by atoms with Crippen LogP contribution in [0.3, 0.4) is 0 Å². The molecule has 0 aliphatic carbocycles. The molecule has 2 rings (SSSR count). The summed E-state index contributed by atoms with van der Waals surface area (Å²) < 4.78 is 3.01. The van der Waals surface area contributed by atoms with Gasteiger partial charge in [-0.3, -0.25) is 4.79 Å². The van der Waals surface area contributed by atoms with E-state index in [1.807, 2.05) is 56.6 Å². The summed E-state index contributed by atoms with van der Waals surface area (Å²) in [5.41, 5.74) is 1.80. The fourth-order valence-corrected chi connectivity index (χ4v) is 2.59.